The second-order valence-electron chi connectivity index (χ2n) is 6.27. The predicted molar refractivity (Wildman–Crippen MR) is 84.2 cm³/mol. The van der Waals surface area contributed by atoms with Crippen LogP contribution in [0.2, 0.25) is 0 Å². The van der Waals surface area contributed by atoms with E-state index in [0.717, 1.165) is 0 Å². The van der Waals surface area contributed by atoms with E-state index >= 15 is 0 Å². The number of nitrogens with one attached hydrogen (secondary N) is 1. The molecular weight excluding hydrogens is 266 g/mol. The van der Waals surface area contributed by atoms with Crippen LogP contribution in [0.1, 0.15) is 40.5 Å². The lowest BCUT2D eigenvalue weighted by atomic mass is 9.85. The number of carbonyl (C=O) groups is 1. The molecule has 0 radical (unpaired) electrons. The van der Waals surface area contributed by atoms with E-state index in [0.29, 0.717) is 18.6 Å². The molecule has 118 valence electrons. The molecule has 4 nitrogen and oxygen atoms in total. The van der Waals surface area contributed by atoms with Gasteiger partial charge in [-0.2, -0.15) is 0 Å². The average Bonchev–Trinajstić information content (AvgIpc) is 2.44. The van der Waals surface area contributed by atoms with Gasteiger partial charge in [0.15, 0.2) is 6.10 Å². The van der Waals surface area contributed by atoms with Crippen molar-refractivity contribution < 1.29 is 14.6 Å². The summed E-state index contributed by atoms with van der Waals surface area (Å²) in [4.78, 5) is 12.4. The zero-order valence-electron chi connectivity index (χ0n) is 13.4. The summed E-state index contributed by atoms with van der Waals surface area (Å²) in [6, 6.07) is 9.26. The van der Waals surface area contributed by atoms with Crippen LogP contribution in [0.15, 0.2) is 30.3 Å². The highest BCUT2D eigenvalue weighted by Crippen LogP contribution is 2.22. The van der Waals surface area contributed by atoms with Gasteiger partial charge in [-0.25, -0.2) is 0 Å². The topological polar surface area (TPSA) is 58.6 Å². The summed E-state index contributed by atoms with van der Waals surface area (Å²) in [5.41, 5.74) is -0.108. The highest BCUT2D eigenvalue weighted by atomic mass is 16.5. The predicted octanol–water partition coefficient (Wildman–Crippen LogP) is 2.76. The van der Waals surface area contributed by atoms with Crippen molar-refractivity contribution in [1.29, 1.82) is 0 Å². The van der Waals surface area contributed by atoms with Crippen LogP contribution in [-0.4, -0.2) is 29.8 Å². The number of hydrogen-bond acceptors (Lipinski definition) is 3. The third-order valence-corrected chi connectivity index (χ3v) is 3.46. The second kappa shape index (κ2) is 8.03. The number of rotatable bonds is 7. The number of hydrogen-bond donors (Lipinski definition) is 2. The normalized spacial score (nSPS) is 14.3. The van der Waals surface area contributed by atoms with E-state index < -0.39 is 6.10 Å². The van der Waals surface area contributed by atoms with Crippen molar-refractivity contribution in [2.75, 3.05) is 6.61 Å². The van der Waals surface area contributed by atoms with E-state index in [9.17, 15) is 4.79 Å². The van der Waals surface area contributed by atoms with Crippen molar-refractivity contribution in [2.24, 2.45) is 5.41 Å². The van der Waals surface area contributed by atoms with Gasteiger partial charge in [0.2, 0.25) is 0 Å². The molecule has 21 heavy (non-hydrogen) atoms. The van der Waals surface area contributed by atoms with Gasteiger partial charge in [-0.3, -0.25) is 4.79 Å². The number of carbonyl (C=O) groups excluding carboxylic acids is 1. The van der Waals surface area contributed by atoms with Crippen LogP contribution >= 0.6 is 0 Å². The van der Waals surface area contributed by atoms with Crippen LogP contribution in [0, 0.1) is 5.41 Å². The lowest BCUT2D eigenvalue weighted by molar-refractivity contribution is -0.129. The fourth-order valence-electron chi connectivity index (χ4n) is 2.10. The maximum atomic E-state index is 12.4. The SMILES string of the molecule is CCC(Oc1ccccc1)C(=O)NC(CCO)C(C)(C)C. The Kier molecular flexibility index (Phi) is 6.69. The van der Waals surface area contributed by atoms with Crippen LogP contribution in [0.3, 0.4) is 0 Å². The molecule has 0 aliphatic carbocycles. The van der Waals surface area contributed by atoms with Gasteiger partial charge in [-0.15, -0.1) is 0 Å². The summed E-state index contributed by atoms with van der Waals surface area (Å²) in [5, 5.41) is 12.2. The third-order valence-electron chi connectivity index (χ3n) is 3.46. The minimum atomic E-state index is -0.518. The summed E-state index contributed by atoms with van der Waals surface area (Å²) in [6.07, 6.45) is 0.615. The maximum absolute atomic E-state index is 12.4. The van der Waals surface area contributed by atoms with Gasteiger partial charge in [0.25, 0.3) is 5.91 Å². The number of para-hydroxylation sites is 1. The summed E-state index contributed by atoms with van der Waals surface area (Å²) in [7, 11) is 0. The van der Waals surface area contributed by atoms with Crippen LogP contribution in [0.25, 0.3) is 0 Å². The molecule has 0 saturated heterocycles. The highest BCUT2D eigenvalue weighted by Gasteiger charge is 2.28. The fourth-order valence-corrected chi connectivity index (χ4v) is 2.10. The van der Waals surface area contributed by atoms with E-state index in [1.807, 2.05) is 58.0 Å². The van der Waals surface area contributed by atoms with Crippen molar-refractivity contribution in [3.8, 4) is 5.75 Å². The molecule has 2 unspecified atom stereocenters. The minimum Gasteiger partial charge on any atom is -0.481 e. The lowest BCUT2D eigenvalue weighted by Crippen LogP contribution is -2.49. The molecule has 1 aromatic rings. The molecule has 2 atom stereocenters. The molecular formula is C17H27NO3. The monoisotopic (exact) mass is 293 g/mol. The number of aliphatic hydroxyl groups excluding tert-OH is 1. The second-order valence-corrected chi connectivity index (χ2v) is 6.27. The van der Waals surface area contributed by atoms with E-state index in [1.54, 1.807) is 0 Å². The molecule has 0 fully saturated rings. The molecule has 0 saturated carbocycles. The first-order valence-corrected chi connectivity index (χ1v) is 7.51. The third kappa shape index (κ3) is 5.76. The first-order chi connectivity index (χ1) is 9.88. The van der Waals surface area contributed by atoms with E-state index in [2.05, 4.69) is 5.32 Å². The first-order valence-electron chi connectivity index (χ1n) is 7.51. The largest absolute Gasteiger partial charge is 0.481 e. The summed E-state index contributed by atoms with van der Waals surface area (Å²) >= 11 is 0. The van der Waals surface area contributed by atoms with Crippen molar-refractivity contribution in [3.63, 3.8) is 0 Å². The summed E-state index contributed by atoms with van der Waals surface area (Å²) in [5.74, 6) is 0.559. The average molecular weight is 293 g/mol. The Morgan fingerprint density at radius 2 is 1.90 bits per heavy atom. The zero-order chi connectivity index (χ0) is 15.9. The van der Waals surface area contributed by atoms with Gasteiger partial charge >= 0.3 is 0 Å². The molecule has 0 bridgehead atoms. The molecule has 1 rings (SSSR count). The Bertz CT molecular complexity index is 425. The fraction of sp³-hybridized carbons (Fsp3) is 0.588. The summed E-state index contributed by atoms with van der Waals surface area (Å²) in [6.45, 7) is 8.12. The molecule has 4 heteroatoms. The molecule has 1 amide bonds. The minimum absolute atomic E-state index is 0.0541. The molecule has 0 heterocycles. The van der Waals surface area contributed by atoms with Gasteiger partial charge in [0.05, 0.1) is 0 Å². The molecule has 0 spiro atoms. The van der Waals surface area contributed by atoms with Crippen molar-refractivity contribution >= 4 is 5.91 Å². The number of amides is 1. The Balaban J connectivity index is 2.69. The Morgan fingerprint density at radius 1 is 1.29 bits per heavy atom. The Morgan fingerprint density at radius 3 is 2.38 bits per heavy atom. The quantitative estimate of drug-likeness (QED) is 0.812. The Labute approximate surface area is 127 Å². The van der Waals surface area contributed by atoms with E-state index in [4.69, 9.17) is 9.84 Å². The van der Waals surface area contributed by atoms with Gasteiger partial charge < -0.3 is 15.2 Å². The Hall–Kier alpha value is -1.55. The van der Waals surface area contributed by atoms with Crippen molar-refractivity contribution in [3.05, 3.63) is 30.3 Å². The number of ether oxygens (including phenoxy) is 1. The number of benzene rings is 1. The molecule has 1 aromatic carbocycles. The van der Waals surface area contributed by atoms with Crippen molar-refractivity contribution in [1.82, 2.24) is 5.32 Å². The standard InChI is InChI=1S/C17H27NO3/c1-5-14(21-13-9-7-6-8-10-13)16(20)18-15(11-12-19)17(2,3)4/h6-10,14-15,19H,5,11-12H2,1-4H3,(H,18,20). The van der Waals surface area contributed by atoms with Gasteiger partial charge in [0, 0.05) is 12.6 Å². The first kappa shape index (κ1) is 17.5. The van der Waals surface area contributed by atoms with Crippen LogP contribution < -0.4 is 10.1 Å². The zero-order valence-corrected chi connectivity index (χ0v) is 13.4. The van der Waals surface area contributed by atoms with Crippen LogP contribution in [0.4, 0.5) is 0 Å². The lowest BCUT2D eigenvalue weighted by Gasteiger charge is -2.32. The molecule has 0 aliphatic rings. The number of aliphatic hydroxyl groups is 1. The molecule has 0 aliphatic heterocycles. The summed E-state index contributed by atoms with van der Waals surface area (Å²) < 4.78 is 5.74. The maximum Gasteiger partial charge on any atom is 0.261 e. The van der Waals surface area contributed by atoms with E-state index in [-0.39, 0.29) is 24.0 Å². The molecule has 0 aromatic heterocycles. The van der Waals surface area contributed by atoms with Crippen molar-refractivity contribution in [2.45, 2.75) is 52.7 Å². The van der Waals surface area contributed by atoms with Crippen LogP contribution in [0.5, 0.6) is 5.75 Å². The van der Waals surface area contributed by atoms with Crippen LogP contribution in [-0.2, 0) is 4.79 Å². The highest BCUT2D eigenvalue weighted by molar-refractivity contribution is 5.81. The van der Waals surface area contributed by atoms with Gasteiger partial charge in [0.1, 0.15) is 5.75 Å². The van der Waals surface area contributed by atoms with E-state index in [1.165, 1.54) is 0 Å². The van der Waals surface area contributed by atoms with Gasteiger partial charge in [-0.05, 0) is 30.4 Å². The smallest absolute Gasteiger partial charge is 0.261 e. The molecule has 2 N–H and O–H groups in total. The van der Waals surface area contributed by atoms with Gasteiger partial charge in [-0.1, -0.05) is 45.9 Å².